The number of carbonyl (C=O) groups excluding carboxylic acids is 1. The summed E-state index contributed by atoms with van der Waals surface area (Å²) in [6, 6.07) is 5.26. The summed E-state index contributed by atoms with van der Waals surface area (Å²) in [7, 11) is 0. The van der Waals surface area contributed by atoms with Crippen LogP contribution in [0.15, 0.2) is 18.2 Å². The van der Waals surface area contributed by atoms with Crippen LogP contribution < -0.4 is 5.32 Å². The summed E-state index contributed by atoms with van der Waals surface area (Å²) in [5, 5.41) is 13.1. The van der Waals surface area contributed by atoms with E-state index in [2.05, 4.69) is 5.32 Å². The number of nitrogens with one attached hydrogen (secondary N) is 1. The molecule has 0 spiro atoms. The zero-order chi connectivity index (χ0) is 15.5. The van der Waals surface area contributed by atoms with Crippen molar-refractivity contribution in [3.05, 3.63) is 33.8 Å². The second kappa shape index (κ2) is 6.67. The molecule has 0 unspecified atom stereocenters. The highest BCUT2D eigenvalue weighted by Crippen LogP contribution is 2.44. The molecule has 1 aliphatic carbocycles. The number of amides is 1. The average molecular weight is 330 g/mol. The van der Waals surface area contributed by atoms with Crippen molar-refractivity contribution in [1.29, 1.82) is 0 Å². The Morgan fingerprint density at radius 1 is 1.24 bits per heavy atom. The Morgan fingerprint density at radius 3 is 2.33 bits per heavy atom. The van der Waals surface area contributed by atoms with Crippen LogP contribution in [0, 0.1) is 5.41 Å². The molecule has 21 heavy (non-hydrogen) atoms. The third-order valence-corrected chi connectivity index (χ3v) is 4.73. The number of hydrogen-bond acceptors (Lipinski definition) is 2. The van der Waals surface area contributed by atoms with E-state index in [9.17, 15) is 14.7 Å². The Hall–Kier alpha value is -1.26. The van der Waals surface area contributed by atoms with E-state index in [1.54, 1.807) is 18.2 Å². The van der Waals surface area contributed by atoms with Gasteiger partial charge in [0.15, 0.2) is 0 Å². The van der Waals surface area contributed by atoms with Crippen LogP contribution >= 0.6 is 23.2 Å². The zero-order valence-corrected chi connectivity index (χ0v) is 13.0. The van der Waals surface area contributed by atoms with Crippen LogP contribution in [-0.4, -0.2) is 23.5 Å². The van der Waals surface area contributed by atoms with Crippen molar-refractivity contribution in [1.82, 2.24) is 5.32 Å². The van der Waals surface area contributed by atoms with Crippen LogP contribution in [0.4, 0.5) is 0 Å². The van der Waals surface area contributed by atoms with Gasteiger partial charge in [0.25, 0.3) is 0 Å². The quantitative estimate of drug-likeness (QED) is 0.841. The second-order valence-corrected chi connectivity index (χ2v) is 6.23. The molecule has 0 radical (unpaired) electrons. The fourth-order valence-electron chi connectivity index (χ4n) is 2.54. The normalized spacial score (nSPS) is 16.1. The number of carbonyl (C=O) groups is 2. The van der Waals surface area contributed by atoms with E-state index < -0.39 is 11.4 Å². The Labute approximate surface area is 133 Å². The van der Waals surface area contributed by atoms with Gasteiger partial charge in [-0.3, -0.25) is 9.59 Å². The van der Waals surface area contributed by atoms with Gasteiger partial charge in [0.1, 0.15) is 0 Å². The van der Waals surface area contributed by atoms with Crippen molar-refractivity contribution < 1.29 is 14.7 Å². The molecule has 1 aromatic rings. The molecule has 1 saturated carbocycles. The Balaban J connectivity index is 1.84. The highest BCUT2D eigenvalue weighted by atomic mass is 35.5. The summed E-state index contributed by atoms with van der Waals surface area (Å²) in [6.07, 6.45) is 2.58. The average Bonchev–Trinajstić information content (AvgIpc) is 2.37. The lowest BCUT2D eigenvalue weighted by atomic mass is 9.66. The van der Waals surface area contributed by atoms with Crippen molar-refractivity contribution in [3.63, 3.8) is 0 Å². The molecule has 4 nitrogen and oxygen atoms in total. The minimum absolute atomic E-state index is 0.0403. The first-order valence-corrected chi connectivity index (χ1v) is 7.63. The van der Waals surface area contributed by atoms with Gasteiger partial charge < -0.3 is 10.4 Å². The summed E-state index contributed by atoms with van der Waals surface area (Å²) in [6.45, 7) is 0.387. The molecule has 0 atom stereocenters. The second-order valence-electron chi connectivity index (χ2n) is 5.42. The van der Waals surface area contributed by atoms with Gasteiger partial charge in [-0.2, -0.15) is 0 Å². The highest BCUT2D eigenvalue weighted by molar-refractivity contribution is 6.35. The molecule has 1 aromatic carbocycles. The molecular weight excluding hydrogens is 313 g/mol. The molecule has 114 valence electrons. The Bertz CT molecular complexity index is 536. The monoisotopic (exact) mass is 329 g/mol. The number of benzene rings is 1. The molecule has 0 bridgehead atoms. The van der Waals surface area contributed by atoms with Crippen molar-refractivity contribution in [2.24, 2.45) is 5.41 Å². The van der Waals surface area contributed by atoms with Crippen LogP contribution in [0.3, 0.4) is 0 Å². The fraction of sp³-hybridized carbons (Fsp3) is 0.467. The number of carboxylic acids is 1. The molecule has 2 N–H and O–H groups in total. The lowest BCUT2D eigenvalue weighted by Crippen LogP contribution is -2.42. The lowest BCUT2D eigenvalue weighted by Gasteiger charge is -2.36. The summed E-state index contributed by atoms with van der Waals surface area (Å²) >= 11 is 12.1. The van der Waals surface area contributed by atoms with Crippen molar-refractivity contribution in [2.75, 3.05) is 6.54 Å². The standard InChI is InChI=1S/C15H17Cl2NO3/c16-11-3-1-4-12(17)10(11)5-8-18-13(19)9-15(14(20)21)6-2-7-15/h1,3-4H,2,5-9H2,(H,18,19)(H,20,21). The first-order chi connectivity index (χ1) is 9.94. The van der Waals surface area contributed by atoms with Crippen LogP contribution in [-0.2, 0) is 16.0 Å². The van der Waals surface area contributed by atoms with Gasteiger partial charge in [0.2, 0.25) is 5.91 Å². The molecule has 1 amide bonds. The first-order valence-electron chi connectivity index (χ1n) is 6.88. The number of rotatable bonds is 6. The predicted octanol–water partition coefficient (Wildman–Crippen LogP) is 3.30. The maximum atomic E-state index is 11.9. The number of halogens is 2. The van der Waals surface area contributed by atoms with Gasteiger partial charge in [-0.1, -0.05) is 35.7 Å². The molecule has 2 rings (SSSR count). The zero-order valence-electron chi connectivity index (χ0n) is 11.5. The number of aliphatic carboxylic acids is 1. The topological polar surface area (TPSA) is 66.4 Å². The summed E-state index contributed by atoms with van der Waals surface area (Å²) in [5.41, 5.74) is -0.0655. The van der Waals surface area contributed by atoms with Crippen LogP contribution in [0.1, 0.15) is 31.2 Å². The van der Waals surface area contributed by atoms with Crippen molar-refractivity contribution >= 4 is 35.1 Å². The summed E-state index contributed by atoms with van der Waals surface area (Å²) in [4.78, 5) is 23.1. The maximum absolute atomic E-state index is 11.9. The largest absolute Gasteiger partial charge is 0.481 e. The van der Waals surface area contributed by atoms with Gasteiger partial charge in [-0.05, 0) is 37.0 Å². The Morgan fingerprint density at radius 2 is 1.86 bits per heavy atom. The van der Waals surface area contributed by atoms with Crippen LogP contribution in [0.2, 0.25) is 10.0 Å². The molecule has 1 fully saturated rings. The van der Waals surface area contributed by atoms with Crippen LogP contribution in [0.5, 0.6) is 0 Å². The van der Waals surface area contributed by atoms with Gasteiger partial charge in [0, 0.05) is 23.0 Å². The van der Waals surface area contributed by atoms with E-state index in [0.29, 0.717) is 35.9 Å². The van der Waals surface area contributed by atoms with Gasteiger partial charge in [0.05, 0.1) is 5.41 Å². The molecule has 6 heteroatoms. The van der Waals surface area contributed by atoms with E-state index in [1.165, 1.54) is 0 Å². The summed E-state index contributed by atoms with van der Waals surface area (Å²) < 4.78 is 0. The lowest BCUT2D eigenvalue weighted by molar-refractivity contribution is -0.157. The fourth-order valence-corrected chi connectivity index (χ4v) is 3.12. The van der Waals surface area contributed by atoms with Crippen molar-refractivity contribution in [3.8, 4) is 0 Å². The minimum Gasteiger partial charge on any atom is -0.481 e. The van der Waals surface area contributed by atoms with Crippen LogP contribution in [0.25, 0.3) is 0 Å². The smallest absolute Gasteiger partial charge is 0.310 e. The predicted molar refractivity (Wildman–Crippen MR) is 81.7 cm³/mol. The third-order valence-electron chi connectivity index (χ3n) is 4.02. The van der Waals surface area contributed by atoms with E-state index in [0.717, 1.165) is 12.0 Å². The van der Waals surface area contributed by atoms with E-state index >= 15 is 0 Å². The highest BCUT2D eigenvalue weighted by Gasteiger charge is 2.45. The minimum atomic E-state index is -0.877. The molecule has 0 aromatic heterocycles. The Kier molecular flexibility index (Phi) is 5.12. The van der Waals surface area contributed by atoms with Gasteiger partial charge in [-0.15, -0.1) is 0 Å². The number of carboxylic acid groups (broad SMARTS) is 1. The molecule has 1 aliphatic rings. The molecule has 0 saturated heterocycles. The summed E-state index contributed by atoms with van der Waals surface area (Å²) in [5.74, 6) is -1.11. The number of hydrogen-bond donors (Lipinski definition) is 2. The molecular formula is C15H17Cl2NO3. The SMILES string of the molecule is O=C(CC1(C(=O)O)CCC1)NCCc1c(Cl)cccc1Cl. The maximum Gasteiger partial charge on any atom is 0.310 e. The molecule has 0 aliphatic heterocycles. The van der Waals surface area contributed by atoms with E-state index in [4.69, 9.17) is 23.2 Å². The van der Waals surface area contributed by atoms with Gasteiger partial charge in [-0.25, -0.2) is 0 Å². The third kappa shape index (κ3) is 3.69. The first kappa shape index (κ1) is 16.1. The van der Waals surface area contributed by atoms with E-state index in [-0.39, 0.29) is 12.3 Å². The van der Waals surface area contributed by atoms with Crippen molar-refractivity contribution in [2.45, 2.75) is 32.1 Å². The van der Waals surface area contributed by atoms with E-state index in [1.807, 2.05) is 0 Å². The van der Waals surface area contributed by atoms with Gasteiger partial charge >= 0.3 is 5.97 Å². The molecule has 0 heterocycles.